The largest absolute Gasteiger partial charge is 0.388 e. The fourth-order valence-corrected chi connectivity index (χ4v) is 3.24. The van der Waals surface area contributed by atoms with Crippen molar-refractivity contribution in [2.75, 3.05) is 6.54 Å². The number of aryl methyl sites for hydroxylation is 2. The van der Waals surface area contributed by atoms with Crippen LogP contribution in [-0.2, 0) is 0 Å². The van der Waals surface area contributed by atoms with E-state index in [9.17, 15) is 5.11 Å². The topological polar surface area (TPSA) is 46.2 Å². The van der Waals surface area contributed by atoms with E-state index in [2.05, 4.69) is 0 Å². The van der Waals surface area contributed by atoms with Crippen LogP contribution in [0.1, 0.15) is 34.3 Å². The molecule has 0 aliphatic carbocycles. The summed E-state index contributed by atoms with van der Waals surface area (Å²) in [5.41, 5.74) is 9.58. The highest BCUT2D eigenvalue weighted by molar-refractivity contribution is 6.36. The van der Waals surface area contributed by atoms with Gasteiger partial charge in [-0.05, 0) is 42.7 Å². The molecule has 21 heavy (non-hydrogen) atoms. The first-order valence-corrected chi connectivity index (χ1v) is 7.60. The third-order valence-corrected chi connectivity index (χ3v) is 4.42. The van der Waals surface area contributed by atoms with Crippen molar-refractivity contribution in [1.82, 2.24) is 0 Å². The van der Waals surface area contributed by atoms with Crippen LogP contribution in [-0.4, -0.2) is 11.7 Å². The lowest BCUT2D eigenvalue weighted by molar-refractivity contribution is 0.147. The van der Waals surface area contributed by atoms with Gasteiger partial charge in [-0.15, -0.1) is 0 Å². The average Bonchev–Trinajstić information content (AvgIpc) is 2.45. The van der Waals surface area contributed by atoms with Crippen LogP contribution in [0.4, 0.5) is 0 Å². The van der Waals surface area contributed by atoms with Gasteiger partial charge in [0.1, 0.15) is 0 Å². The summed E-state index contributed by atoms with van der Waals surface area (Å²) >= 11 is 12.5. The Morgan fingerprint density at radius 3 is 2.29 bits per heavy atom. The molecular weight excluding hydrogens is 305 g/mol. The van der Waals surface area contributed by atoms with Gasteiger partial charge >= 0.3 is 0 Å². The van der Waals surface area contributed by atoms with Crippen LogP contribution in [0.15, 0.2) is 36.4 Å². The molecule has 2 aromatic carbocycles. The number of hydrogen-bond acceptors (Lipinski definition) is 2. The molecule has 0 bridgehead atoms. The van der Waals surface area contributed by atoms with Crippen molar-refractivity contribution in [3.8, 4) is 0 Å². The highest BCUT2D eigenvalue weighted by Crippen LogP contribution is 2.39. The zero-order valence-electron chi connectivity index (χ0n) is 12.1. The third kappa shape index (κ3) is 3.41. The molecule has 0 aromatic heterocycles. The Morgan fingerprint density at radius 2 is 1.71 bits per heavy atom. The molecule has 0 aliphatic heterocycles. The SMILES string of the molecule is Cc1ccc(C)c(C(O)C(CN)c2c(Cl)cccc2Cl)c1. The molecule has 0 saturated heterocycles. The first kappa shape index (κ1) is 16.3. The predicted molar refractivity (Wildman–Crippen MR) is 89.1 cm³/mol. The molecule has 0 aliphatic rings. The van der Waals surface area contributed by atoms with Gasteiger partial charge in [-0.25, -0.2) is 0 Å². The maximum Gasteiger partial charge on any atom is 0.0874 e. The number of halogens is 2. The Kier molecular flexibility index (Phi) is 5.28. The molecule has 2 aromatic rings. The highest BCUT2D eigenvalue weighted by Gasteiger charge is 2.26. The maximum absolute atomic E-state index is 10.8. The second-order valence-electron chi connectivity index (χ2n) is 5.28. The van der Waals surface area contributed by atoms with Crippen LogP contribution in [0.3, 0.4) is 0 Å². The van der Waals surface area contributed by atoms with E-state index in [1.54, 1.807) is 18.2 Å². The second kappa shape index (κ2) is 6.80. The van der Waals surface area contributed by atoms with Crippen molar-refractivity contribution >= 4 is 23.2 Å². The first-order chi connectivity index (χ1) is 9.95. The molecule has 0 radical (unpaired) electrons. The Bertz CT molecular complexity index is 622. The second-order valence-corrected chi connectivity index (χ2v) is 6.10. The standard InChI is InChI=1S/C17H19Cl2NO/c1-10-6-7-11(2)12(8-10)17(21)13(9-20)16-14(18)4-3-5-15(16)19/h3-8,13,17,21H,9,20H2,1-2H3. The summed E-state index contributed by atoms with van der Waals surface area (Å²) in [4.78, 5) is 0. The zero-order chi connectivity index (χ0) is 15.6. The lowest BCUT2D eigenvalue weighted by Gasteiger charge is -2.25. The minimum Gasteiger partial charge on any atom is -0.388 e. The maximum atomic E-state index is 10.8. The molecule has 4 heteroatoms. The van der Waals surface area contributed by atoms with E-state index in [4.69, 9.17) is 28.9 Å². The summed E-state index contributed by atoms with van der Waals surface area (Å²) in [6.07, 6.45) is -0.743. The molecule has 0 spiro atoms. The van der Waals surface area contributed by atoms with Gasteiger partial charge in [-0.2, -0.15) is 0 Å². The number of benzene rings is 2. The van der Waals surface area contributed by atoms with E-state index in [-0.39, 0.29) is 12.5 Å². The summed E-state index contributed by atoms with van der Waals surface area (Å²) in [5.74, 6) is -0.341. The fraction of sp³-hybridized carbons (Fsp3) is 0.294. The number of aliphatic hydroxyl groups excluding tert-OH is 1. The lowest BCUT2D eigenvalue weighted by atomic mass is 9.86. The highest BCUT2D eigenvalue weighted by atomic mass is 35.5. The molecular formula is C17H19Cl2NO. The average molecular weight is 324 g/mol. The van der Waals surface area contributed by atoms with Gasteiger partial charge in [-0.3, -0.25) is 0 Å². The van der Waals surface area contributed by atoms with Crippen LogP contribution in [0.2, 0.25) is 10.0 Å². The zero-order valence-corrected chi connectivity index (χ0v) is 13.6. The van der Waals surface area contributed by atoms with Gasteiger partial charge in [0.25, 0.3) is 0 Å². The molecule has 3 N–H and O–H groups in total. The van der Waals surface area contributed by atoms with E-state index >= 15 is 0 Å². The third-order valence-electron chi connectivity index (χ3n) is 3.76. The summed E-state index contributed by atoms with van der Waals surface area (Å²) in [6, 6.07) is 11.3. The molecule has 2 nitrogen and oxygen atoms in total. The van der Waals surface area contributed by atoms with Crippen molar-refractivity contribution in [3.63, 3.8) is 0 Å². The van der Waals surface area contributed by atoms with Gasteiger partial charge < -0.3 is 10.8 Å². The summed E-state index contributed by atoms with van der Waals surface area (Å²) in [6.45, 7) is 4.23. The number of aliphatic hydroxyl groups is 1. The Hall–Kier alpha value is -1.06. The first-order valence-electron chi connectivity index (χ1n) is 6.85. The number of nitrogens with two attached hydrogens (primary N) is 1. The van der Waals surface area contributed by atoms with Crippen LogP contribution in [0.25, 0.3) is 0 Å². The summed E-state index contributed by atoms with van der Waals surface area (Å²) in [5, 5.41) is 11.9. The summed E-state index contributed by atoms with van der Waals surface area (Å²) < 4.78 is 0. The Balaban J connectivity index is 2.48. The van der Waals surface area contributed by atoms with Gasteiger partial charge in [0.15, 0.2) is 0 Å². The van der Waals surface area contributed by atoms with Crippen molar-refractivity contribution in [2.45, 2.75) is 25.9 Å². The van der Waals surface area contributed by atoms with E-state index in [0.717, 1.165) is 16.7 Å². The normalized spacial score (nSPS) is 14.0. The fourth-order valence-electron chi connectivity index (χ4n) is 2.56. The van der Waals surface area contributed by atoms with Gasteiger partial charge in [-0.1, -0.05) is 53.0 Å². The monoisotopic (exact) mass is 323 g/mol. The van der Waals surface area contributed by atoms with Crippen molar-refractivity contribution < 1.29 is 5.11 Å². The molecule has 112 valence electrons. The Morgan fingerprint density at radius 1 is 1.10 bits per heavy atom. The minimum absolute atomic E-state index is 0.262. The molecule has 2 atom stereocenters. The van der Waals surface area contributed by atoms with Crippen LogP contribution < -0.4 is 5.73 Å². The smallest absolute Gasteiger partial charge is 0.0874 e. The number of rotatable bonds is 4. The van der Waals surface area contributed by atoms with E-state index in [1.165, 1.54) is 0 Å². The Labute approximate surface area is 135 Å². The van der Waals surface area contributed by atoms with E-state index < -0.39 is 6.10 Å². The number of hydrogen-bond donors (Lipinski definition) is 2. The molecule has 0 saturated carbocycles. The van der Waals surface area contributed by atoms with E-state index in [1.807, 2.05) is 32.0 Å². The van der Waals surface area contributed by atoms with Crippen LogP contribution in [0, 0.1) is 13.8 Å². The van der Waals surface area contributed by atoms with Crippen molar-refractivity contribution in [1.29, 1.82) is 0 Å². The van der Waals surface area contributed by atoms with Crippen LogP contribution in [0.5, 0.6) is 0 Å². The molecule has 0 heterocycles. The lowest BCUT2D eigenvalue weighted by Crippen LogP contribution is -2.21. The molecule has 0 amide bonds. The molecule has 2 unspecified atom stereocenters. The minimum atomic E-state index is -0.743. The molecule has 0 fully saturated rings. The van der Waals surface area contributed by atoms with Gasteiger partial charge in [0.05, 0.1) is 6.10 Å². The van der Waals surface area contributed by atoms with Crippen molar-refractivity contribution in [3.05, 3.63) is 68.7 Å². The molecule has 2 rings (SSSR count). The van der Waals surface area contributed by atoms with Gasteiger partial charge in [0.2, 0.25) is 0 Å². The van der Waals surface area contributed by atoms with Crippen LogP contribution >= 0.6 is 23.2 Å². The van der Waals surface area contributed by atoms with Gasteiger partial charge in [0, 0.05) is 22.5 Å². The quantitative estimate of drug-likeness (QED) is 0.876. The van der Waals surface area contributed by atoms with Crippen molar-refractivity contribution in [2.24, 2.45) is 5.73 Å². The predicted octanol–water partition coefficient (Wildman–Crippen LogP) is 4.39. The van der Waals surface area contributed by atoms with E-state index in [0.29, 0.717) is 15.6 Å². The summed E-state index contributed by atoms with van der Waals surface area (Å²) in [7, 11) is 0.